The van der Waals surface area contributed by atoms with E-state index in [0.29, 0.717) is 0 Å². The van der Waals surface area contributed by atoms with Gasteiger partial charge in [0, 0.05) is 5.54 Å². The quantitative estimate of drug-likeness (QED) is 0.632. The summed E-state index contributed by atoms with van der Waals surface area (Å²) in [6, 6.07) is -0.0166. The van der Waals surface area contributed by atoms with Gasteiger partial charge in [0.05, 0.1) is 18.2 Å². The molecule has 0 aromatic heterocycles. The van der Waals surface area contributed by atoms with Crippen molar-refractivity contribution in [1.82, 2.24) is 4.90 Å². The molecule has 110 valence electrons. The van der Waals surface area contributed by atoms with Crippen LogP contribution in [0.15, 0.2) is 12.7 Å². The predicted octanol–water partition coefficient (Wildman–Crippen LogP) is 2.61. The molecular weight excluding hydrogens is 244 g/mol. The van der Waals surface area contributed by atoms with Crippen LogP contribution in [0.5, 0.6) is 0 Å². The fourth-order valence-electron chi connectivity index (χ4n) is 2.72. The van der Waals surface area contributed by atoms with E-state index in [1.165, 1.54) is 0 Å². The Morgan fingerprint density at radius 3 is 2.58 bits per heavy atom. The summed E-state index contributed by atoms with van der Waals surface area (Å²) in [5, 5.41) is 0. The standard InChI is InChI=1S/C14H26N2O3/c1-6-7-11-8-9-12(10(2)18-11)16(13(17)19-15)14(3,4)5/h6,10-12H,1,7-9,15H2,2-5H3/t10-,11+,12-/m1/s1. The molecule has 0 unspecified atom stereocenters. The van der Waals surface area contributed by atoms with Crippen molar-refractivity contribution in [3.05, 3.63) is 12.7 Å². The third-order valence-corrected chi connectivity index (χ3v) is 3.51. The monoisotopic (exact) mass is 270 g/mol. The minimum atomic E-state index is -0.505. The van der Waals surface area contributed by atoms with E-state index in [9.17, 15) is 4.79 Å². The molecule has 0 radical (unpaired) electrons. The molecule has 0 aromatic rings. The summed E-state index contributed by atoms with van der Waals surface area (Å²) in [6.07, 6.45) is 4.14. The molecule has 0 bridgehead atoms. The predicted molar refractivity (Wildman–Crippen MR) is 74.4 cm³/mol. The SMILES string of the molecule is C=CC[C@H]1CC[C@@H](N(C(=O)ON)C(C)(C)C)[C@@H](C)O1. The summed E-state index contributed by atoms with van der Waals surface area (Å²) in [5.74, 6) is 5.05. The maximum absolute atomic E-state index is 11.9. The lowest BCUT2D eigenvalue weighted by Gasteiger charge is -2.46. The summed E-state index contributed by atoms with van der Waals surface area (Å²) < 4.78 is 5.95. The molecule has 1 rings (SSSR count). The molecule has 2 N–H and O–H groups in total. The zero-order valence-electron chi connectivity index (χ0n) is 12.4. The van der Waals surface area contributed by atoms with Gasteiger partial charge in [-0.15, -0.1) is 6.58 Å². The third-order valence-electron chi connectivity index (χ3n) is 3.51. The largest absolute Gasteiger partial charge is 0.429 e. The Kier molecular flexibility index (Phi) is 5.38. The molecule has 1 aliphatic rings. The van der Waals surface area contributed by atoms with Gasteiger partial charge in [0.25, 0.3) is 0 Å². The molecule has 0 saturated carbocycles. The Morgan fingerprint density at radius 2 is 2.16 bits per heavy atom. The van der Waals surface area contributed by atoms with E-state index in [2.05, 4.69) is 11.4 Å². The zero-order chi connectivity index (χ0) is 14.6. The van der Waals surface area contributed by atoms with Crippen LogP contribution in [-0.2, 0) is 9.57 Å². The van der Waals surface area contributed by atoms with Crippen LogP contribution in [0.25, 0.3) is 0 Å². The molecule has 1 amide bonds. The Hall–Kier alpha value is -1.07. The van der Waals surface area contributed by atoms with Crippen LogP contribution in [0.1, 0.15) is 47.0 Å². The van der Waals surface area contributed by atoms with Gasteiger partial charge in [0.1, 0.15) is 0 Å². The molecule has 1 saturated heterocycles. The maximum atomic E-state index is 11.9. The highest BCUT2D eigenvalue weighted by atomic mass is 16.7. The lowest BCUT2D eigenvalue weighted by molar-refractivity contribution is -0.0992. The van der Waals surface area contributed by atoms with Gasteiger partial charge in [0.15, 0.2) is 0 Å². The first kappa shape index (κ1) is 16.0. The van der Waals surface area contributed by atoms with Crippen LogP contribution in [0.4, 0.5) is 4.79 Å². The minimum absolute atomic E-state index is 0.0166. The van der Waals surface area contributed by atoms with Gasteiger partial charge in [0.2, 0.25) is 0 Å². The summed E-state index contributed by atoms with van der Waals surface area (Å²) >= 11 is 0. The Morgan fingerprint density at radius 1 is 1.53 bits per heavy atom. The fraction of sp³-hybridized carbons (Fsp3) is 0.786. The number of nitrogens with zero attached hydrogens (tertiary/aromatic N) is 1. The van der Waals surface area contributed by atoms with Crippen LogP contribution < -0.4 is 5.90 Å². The van der Waals surface area contributed by atoms with Gasteiger partial charge in [-0.25, -0.2) is 4.79 Å². The van der Waals surface area contributed by atoms with E-state index < -0.39 is 6.09 Å². The molecule has 3 atom stereocenters. The van der Waals surface area contributed by atoms with Gasteiger partial charge in [-0.3, -0.25) is 4.90 Å². The second-order valence-electron chi connectivity index (χ2n) is 6.06. The first-order valence-corrected chi connectivity index (χ1v) is 6.77. The molecular formula is C14H26N2O3. The zero-order valence-corrected chi connectivity index (χ0v) is 12.4. The number of ether oxygens (including phenoxy) is 1. The highest BCUT2D eigenvalue weighted by molar-refractivity contribution is 5.68. The normalized spacial score (nSPS) is 27.7. The molecule has 5 heteroatoms. The summed E-state index contributed by atoms with van der Waals surface area (Å²) in [6.45, 7) is 11.6. The number of carbonyl (C=O) groups is 1. The highest BCUT2D eigenvalue weighted by Gasteiger charge is 2.40. The van der Waals surface area contributed by atoms with Crippen molar-refractivity contribution in [3.63, 3.8) is 0 Å². The average Bonchev–Trinajstić information content (AvgIpc) is 2.30. The van der Waals surface area contributed by atoms with E-state index in [0.717, 1.165) is 19.3 Å². The lowest BCUT2D eigenvalue weighted by atomic mass is 9.93. The smallest absolute Gasteiger partial charge is 0.373 e. The van der Waals surface area contributed by atoms with Crippen molar-refractivity contribution in [2.45, 2.75) is 70.7 Å². The van der Waals surface area contributed by atoms with E-state index in [4.69, 9.17) is 10.6 Å². The maximum Gasteiger partial charge on any atom is 0.429 e. The van der Waals surface area contributed by atoms with Crippen LogP contribution in [-0.4, -0.2) is 34.8 Å². The minimum Gasteiger partial charge on any atom is -0.373 e. The Balaban J connectivity index is 2.82. The average molecular weight is 270 g/mol. The van der Waals surface area contributed by atoms with Crippen molar-refractivity contribution in [3.8, 4) is 0 Å². The van der Waals surface area contributed by atoms with Crippen LogP contribution >= 0.6 is 0 Å². The number of nitrogens with two attached hydrogens (primary N) is 1. The van der Waals surface area contributed by atoms with Crippen molar-refractivity contribution in [2.75, 3.05) is 0 Å². The Bertz CT molecular complexity index is 325. The Labute approximate surface area is 115 Å². The molecule has 1 aliphatic heterocycles. The van der Waals surface area contributed by atoms with E-state index in [1.807, 2.05) is 33.8 Å². The molecule has 0 spiro atoms. The van der Waals surface area contributed by atoms with Gasteiger partial charge < -0.3 is 9.57 Å². The lowest BCUT2D eigenvalue weighted by Crippen LogP contribution is -2.58. The third kappa shape index (κ3) is 3.94. The van der Waals surface area contributed by atoms with Crippen LogP contribution in [0.3, 0.4) is 0 Å². The highest BCUT2D eigenvalue weighted by Crippen LogP contribution is 2.30. The van der Waals surface area contributed by atoms with E-state index >= 15 is 0 Å². The van der Waals surface area contributed by atoms with Crippen molar-refractivity contribution >= 4 is 6.09 Å². The van der Waals surface area contributed by atoms with Crippen LogP contribution in [0, 0.1) is 0 Å². The molecule has 0 aromatic carbocycles. The van der Waals surface area contributed by atoms with Crippen molar-refractivity contribution in [2.24, 2.45) is 5.90 Å². The topological polar surface area (TPSA) is 64.8 Å². The van der Waals surface area contributed by atoms with Gasteiger partial charge >= 0.3 is 6.09 Å². The van der Waals surface area contributed by atoms with Crippen molar-refractivity contribution < 1.29 is 14.4 Å². The van der Waals surface area contributed by atoms with E-state index in [-0.39, 0.29) is 23.8 Å². The molecule has 1 heterocycles. The summed E-state index contributed by atoms with van der Waals surface area (Å²) in [4.78, 5) is 18.0. The first-order valence-electron chi connectivity index (χ1n) is 6.77. The number of hydrogen-bond acceptors (Lipinski definition) is 4. The van der Waals surface area contributed by atoms with Gasteiger partial charge in [-0.2, -0.15) is 5.90 Å². The number of hydrogen-bond donors (Lipinski definition) is 1. The second-order valence-corrected chi connectivity index (χ2v) is 6.06. The fourth-order valence-corrected chi connectivity index (χ4v) is 2.72. The number of rotatable bonds is 3. The molecule has 0 aliphatic carbocycles. The van der Waals surface area contributed by atoms with E-state index in [1.54, 1.807) is 4.90 Å². The summed E-state index contributed by atoms with van der Waals surface area (Å²) in [5.41, 5.74) is -0.357. The number of carbonyl (C=O) groups excluding carboxylic acids is 1. The van der Waals surface area contributed by atoms with Crippen molar-refractivity contribution in [1.29, 1.82) is 0 Å². The number of amides is 1. The molecule has 5 nitrogen and oxygen atoms in total. The second kappa shape index (κ2) is 6.39. The van der Waals surface area contributed by atoms with Crippen LogP contribution in [0.2, 0.25) is 0 Å². The van der Waals surface area contributed by atoms with Gasteiger partial charge in [-0.05, 0) is 47.0 Å². The first-order chi connectivity index (χ1) is 8.81. The summed E-state index contributed by atoms with van der Waals surface area (Å²) in [7, 11) is 0. The van der Waals surface area contributed by atoms with Gasteiger partial charge in [-0.1, -0.05) is 6.08 Å². The molecule has 1 fully saturated rings. The molecule has 19 heavy (non-hydrogen) atoms.